The van der Waals surface area contributed by atoms with Gasteiger partial charge in [0.05, 0.1) is 5.69 Å². The van der Waals surface area contributed by atoms with Crippen molar-refractivity contribution in [3.8, 4) is 0 Å². The Morgan fingerprint density at radius 2 is 1.61 bits per heavy atom. The summed E-state index contributed by atoms with van der Waals surface area (Å²) >= 11 is 3.48. The lowest BCUT2D eigenvalue weighted by Crippen LogP contribution is -2.39. The van der Waals surface area contributed by atoms with E-state index in [4.69, 9.17) is 4.99 Å². The van der Waals surface area contributed by atoms with Crippen molar-refractivity contribution in [2.75, 3.05) is 18.4 Å². The summed E-state index contributed by atoms with van der Waals surface area (Å²) in [6.07, 6.45) is 3.77. The number of anilines is 1. The molecule has 0 unspecified atom stereocenters. The Balaban J connectivity index is 1.86. The largest absolute Gasteiger partial charge is 0.342 e. The lowest BCUT2D eigenvalue weighted by molar-refractivity contribution is 0.341. The van der Waals surface area contributed by atoms with Gasteiger partial charge in [0.15, 0.2) is 0 Å². The third-order valence-corrected chi connectivity index (χ3v) is 4.55. The number of piperidine rings is 1. The Labute approximate surface area is 146 Å². The van der Waals surface area contributed by atoms with Gasteiger partial charge in [-0.05, 0) is 62.6 Å². The fourth-order valence-corrected chi connectivity index (χ4v) is 2.95. The molecule has 23 heavy (non-hydrogen) atoms. The van der Waals surface area contributed by atoms with Crippen LogP contribution in [0.4, 0.5) is 11.4 Å². The Kier molecular flexibility index (Phi) is 5.34. The van der Waals surface area contributed by atoms with E-state index in [0.717, 1.165) is 34.9 Å². The average Bonchev–Trinajstić information content (AvgIpc) is 2.59. The predicted molar refractivity (Wildman–Crippen MR) is 101 cm³/mol. The lowest BCUT2D eigenvalue weighted by atomic mass is 10.1. The molecule has 1 N–H and O–H groups in total. The zero-order valence-corrected chi connectivity index (χ0v) is 15.0. The quantitative estimate of drug-likeness (QED) is 0.569. The maximum Gasteiger partial charge on any atom is 0.203 e. The molecule has 0 spiro atoms. The molecular weight excluding hydrogens is 350 g/mol. The number of nitrogens with one attached hydrogen (secondary N) is 1. The number of halogens is 1. The molecule has 120 valence electrons. The van der Waals surface area contributed by atoms with E-state index in [9.17, 15) is 0 Å². The summed E-state index contributed by atoms with van der Waals surface area (Å²) in [5, 5.41) is 3.49. The van der Waals surface area contributed by atoms with E-state index >= 15 is 0 Å². The molecule has 2 aromatic rings. The number of nitrogens with zero attached hydrogens (tertiary/aromatic N) is 2. The van der Waals surface area contributed by atoms with Gasteiger partial charge in [-0.2, -0.15) is 0 Å². The predicted octanol–water partition coefficient (Wildman–Crippen LogP) is 5.34. The Morgan fingerprint density at radius 1 is 0.957 bits per heavy atom. The molecule has 1 saturated heterocycles. The summed E-state index contributed by atoms with van der Waals surface area (Å²) in [5.74, 6) is 0.941. The zero-order valence-electron chi connectivity index (χ0n) is 13.4. The number of likely N-dealkylation sites (tertiary alicyclic amines) is 1. The van der Waals surface area contributed by atoms with E-state index in [2.05, 4.69) is 69.5 Å². The van der Waals surface area contributed by atoms with Crippen molar-refractivity contribution in [3.05, 3.63) is 58.6 Å². The molecule has 1 fully saturated rings. The van der Waals surface area contributed by atoms with Crippen molar-refractivity contribution < 1.29 is 0 Å². The fourth-order valence-electron chi connectivity index (χ4n) is 2.69. The molecule has 1 heterocycles. The van der Waals surface area contributed by atoms with E-state index < -0.39 is 0 Å². The molecule has 0 aromatic heterocycles. The van der Waals surface area contributed by atoms with E-state index in [1.54, 1.807) is 0 Å². The molecule has 4 heteroatoms. The smallest absolute Gasteiger partial charge is 0.203 e. The van der Waals surface area contributed by atoms with Gasteiger partial charge in [0, 0.05) is 23.2 Å². The fraction of sp³-hybridized carbons (Fsp3) is 0.316. The standard InChI is InChI=1S/C19H22BrN3/c1-15-5-9-17(10-6-15)21-19(23-13-3-2-4-14-23)22-18-11-7-16(20)8-12-18/h5-12H,2-4,13-14H2,1H3,(H,21,22). The number of aryl methyl sites for hydroxylation is 1. The molecule has 0 atom stereocenters. The summed E-state index contributed by atoms with van der Waals surface area (Å²) in [5.41, 5.74) is 3.30. The van der Waals surface area contributed by atoms with Crippen LogP contribution in [0.3, 0.4) is 0 Å². The number of hydrogen-bond donors (Lipinski definition) is 1. The van der Waals surface area contributed by atoms with Crippen molar-refractivity contribution >= 4 is 33.3 Å². The van der Waals surface area contributed by atoms with Crippen LogP contribution in [0.1, 0.15) is 24.8 Å². The molecule has 0 amide bonds. The number of rotatable bonds is 2. The molecule has 3 nitrogen and oxygen atoms in total. The molecule has 0 radical (unpaired) electrons. The average molecular weight is 372 g/mol. The maximum absolute atomic E-state index is 4.86. The molecule has 2 aromatic carbocycles. The highest BCUT2D eigenvalue weighted by Gasteiger charge is 2.15. The summed E-state index contributed by atoms with van der Waals surface area (Å²) in [4.78, 5) is 7.21. The Morgan fingerprint density at radius 3 is 2.26 bits per heavy atom. The van der Waals surface area contributed by atoms with Gasteiger partial charge in [-0.3, -0.25) is 0 Å². The van der Waals surface area contributed by atoms with E-state index in [1.165, 1.54) is 24.8 Å². The minimum Gasteiger partial charge on any atom is -0.342 e. The van der Waals surface area contributed by atoms with E-state index in [0.29, 0.717) is 0 Å². The SMILES string of the molecule is Cc1ccc(N=C(Nc2ccc(Br)cc2)N2CCCCC2)cc1. The van der Waals surface area contributed by atoms with Gasteiger partial charge in [0.2, 0.25) is 5.96 Å². The van der Waals surface area contributed by atoms with Crippen LogP contribution < -0.4 is 5.32 Å². The molecule has 1 aliphatic heterocycles. The van der Waals surface area contributed by atoms with Gasteiger partial charge in [0.1, 0.15) is 0 Å². The third-order valence-electron chi connectivity index (χ3n) is 4.02. The number of guanidine groups is 1. The minimum atomic E-state index is 0.941. The van der Waals surface area contributed by atoms with Gasteiger partial charge in [0.25, 0.3) is 0 Å². The van der Waals surface area contributed by atoms with Crippen molar-refractivity contribution in [1.82, 2.24) is 4.90 Å². The molecule has 3 rings (SSSR count). The first-order valence-corrected chi connectivity index (χ1v) is 8.93. The van der Waals surface area contributed by atoms with Crippen LogP contribution in [0.15, 0.2) is 58.0 Å². The second-order valence-corrected chi connectivity index (χ2v) is 6.87. The normalized spacial score (nSPS) is 15.6. The van der Waals surface area contributed by atoms with Crippen LogP contribution in [0.2, 0.25) is 0 Å². The highest BCUT2D eigenvalue weighted by atomic mass is 79.9. The molecule has 1 aliphatic rings. The summed E-state index contributed by atoms with van der Waals surface area (Å²) < 4.78 is 1.08. The summed E-state index contributed by atoms with van der Waals surface area (Å²) in [6.45, 7) is 4.22. The highest BCUT2D eigenvalue weighted by molar-refractivity contribution is 9.10. The minimum absolute atomic E-state index is 0.941. The Hall–Kier alpha value is -1.81. The van der Waals surface area contributed by atoms with Gasteiger partial charge < -0.3 is 10.2 Å². The van der Waals surface area contributed by atoms with Crippen LogP contribution in [0.25, 0.3) is 0 Å². The van der Waals surface area contributed by atoms with Crippen LogP contribution in [0.5, 0.6) is 0 Å². The van der Waals surface area contributed by atoms with Gasteiger partial charge in [-0.25, -0.2) is 4.99 Å². The first-order valence-electron chi connectivity index (χ1n) is 8.13. The van der Waals surface area contributed by atoms with Crippen molar-refractivity contribution in [1.29, 1.82) is 0 Å². The number of benzene rings is 2. The molecule has 0 saturated carbocycles. The highest BCUT2D eigenvalue weighted by Crippen LogP contribution is 2.19. The summed E-state index contributed by atoms with van der Waals surface area (Å²) in [6, 6.07) is 16.6. The van der Waals surface area contributed by atoms with Crippen molar-refractivity contribution in [3.63, 3.8) is 0 Å². The lowest BCUT2D eigenvalue weighted by Gasteiger charge is -2.30. The zero-order chi connectivity index (χ0) is 16.1. The topological polar surface area (TPSA) is 27.6 Å². The maximum atomic E-state index is 4.86. The van der Waals surface area contributed by atoms with E-state index in [-0.39, 0.29) is 0 Å². The van der Waals surface area contributed by atoms with Crippen LogP contribution in [-0.4, -0.2) is 23.9 Å². The van der Waals surface area contributed by atoms with Crippen molar-refractivity contribution in [2.45, 2.75) is 26.2 Å². The Bertz CT molecular complexity index is 656. The third kappa shape index (κ3) is 4.58. The van der Waals surface area contributed by atoms with Gasteiger partial charge in [-0.1, -0.05) is 33.6 Å². The second-order valence-electron chi connectivity index (χ2n) is 5.95. The van der Waals surface area contributed by atoms with Crippen LogP contribution >= 0.6 is 15.9 Å². The monoisotopic (exact) mass is 371 g/mol. The van der Waals surface area contributed by atoms with Crippen LogP contribution in [-0.2, 0) is 0 Å². The van der Waals surface area contributed by atoms with Gasteiger partial charge >= 0.3 is 0 Å². The van der Waals surface area contributed by atoms with Crippen molar-refractivity contribution in [2.24, 2.45) is 4.99 Å². The number of aliphatic imine (C=N–C) groups is 1. The van der Waals surface area contributed by atoms with E-state index in [1.807, 2.05) is 12.1 Å². The van der Waals surface area contributed by atoms with Gasteiger partial charge in [-0.15, -0.1) is 0 Å². The van der Waals surface area contributed by atoms with Crippen LogP contribution in [0, 0.1) is 6.92 Å². The molecular formula is C19H22BrN3. The number of hydrogen-bond acceptors (Lipinski definition) is 1. The molecule has 0 bridgehead atoms. The molecule has 0 aliphatic carbocycles. The summed E-state index contributed by atoms with van der Waals surface area (Å²) in [7, 11) is 0. The first kappa shape index (κ1) is 16.1. The second kappa shape index (κ2) is 7.64. The first-order chi connectivity index (χ1) is 11.2.